The first-order chi connectivity index (χ1) is 33.0. The van der Waals surface area contributed by atoms with Gasteiger partial charge in [0.25, 0.3) is 0 Å². The molecule has 0 N–H and O–H groups in total. The van der Waals surface area contributed by atoms with Gasteiger partial charge in [0.2, 0.25) is 0 Å². The topological polar surface area (TPSA) is 78.9 Å². The number of ether oxygens (including phenoxy) is 3. The summed E-state index contributed by atoms with van der Waals surface area (Å²) >= 11 is 0. The average Bonchev–Trinajstić information content (AvgIpc) is 3.33. The third-order valence-corrected chi connectivity index (χ3v) is 10.6. The lowest BCUT2D eigenvalue weighted by molar-refractivity contribution is -0.167. The zero-order valence-electron chi connectivity index (χ0n) is 42.9. The summed E-state index contributed by atoms with van der Waals surface area (Å²) in [5.74, 6) is -1.07. The molecule has 376 valence electrons. The van der Waals surface area contributed by atoms with Crippen molar-refractivity contribution >= 4 is 17.9 Å². The SMILES string of the molecule is CC/C=C\C/C=C\C/C=C\C/C=C\C/C=C\CCCC(=O)O[C@@H](COC(=O)CCC/C=C\C/C=C\C/C=C\CCCCCCCC)COC(=O)CCCCCCC/C=C\C/C=C\C/C=C\CC. The van der Waals surface area contributed by atoms with Crippen LogP contribution in [-0.2, 0) is 28.6 Å². The normalized spacial score (nSPS) is 13.2. The smallest absolute Gasteiger partial charge is 0.306 e. The van der Waals surface area contributed by atoms with Gasteiger partial charge in [-0.15, -0.1) is 0 Å². The molecule has 0 saturated heterocycles. The molecule has 0 aromatic rings. The number of esters is 3. The second-order valence-electron chi connectivity index (χ2n) is 17.0. The van der Waals surface area contributed by atoms with E-state index >= 15 is 0 Å². The van der Waals surface area contributed by atoms with Gasteiger partial charge in [-0.2, -0.15) is 0 Å². The fourth-order valence-corrected chi connectivity index (χ4v) is 6.68. The molecule has 0 unspecified atom stereocenters. The van der Waals surface area contributed by atoms with Crippen molar-refractivity contribution in [3.8, 4) is 0 Å². The van der Waals surface area contributed by atoms with Crippen LogP contribution in [0.15, 0.2) is 134 Å². The van der Waals surface area contributed by atoms with Gasteiger partial charge < -0.3 is 14.2 Å². The summed E-state index contributed by atoms with van der Waals surface area (Å²) in [6, 6.07) is 0. The monoisotopic (exact) mass is 925 g/mol. The van der Waals surface area contributed by atoms with Crippen molar-refractivity contribution in [1.82, 2.24) is 0 Å². The highest BCUT2D eigenvalue weighted by atomic mass is 16.6. The maximum atomic E-state index is 12.8. The minimum Gasteiger partial charge on any atom is -0.462 e. The molecule has 0 aliphatic rings. The van der Waals surface area contributed by atoms with E-state index in [9.17, 15) is 14.4 Å². The highest BCUT2D eigenvalue weighted by molar-refractivity contribution is 5.71. The first kappa shape index (κ1) is 62.5. The van der Waals surface area contributed by atoms with Crippen LogP contribution in [0.25, 0.3) is 0 Å². The molecule has 0 aromatic carbocycles. The summed E-state index contributed by atoms with van der Waals surface area (Å²) in [4.78, 5) is 38.0. The van der Waals surface area contributed by atoms with Crippen LogP contribution in [0.4, 0.5) is 0 Å². The second kappa shape index (κ2) is 54.2. The first-order valence-electron chi connectivity index (χ1n) is 26.7. The lowest BCUT2D eigenvalue weighted by Crippen LogP contribution is -2.30. The molecule has 0 aliphatic heterocycles. The Balaban J connectivity index is 4.61. The van der Waals surface area contributed by atoms with Crippen LogP contribution < -0.4 is 0 Å². The van der Waals surface area contributed by atoms with Gasteiger partial charge in [-0.25, -0.2) is 0 Å². The van der Waals surface area contributed by atoms with Crippen LogP contribution in [-0.4, -0.2) is 37.2 Å². The van der Waals surface area contributed by atoms with E-state index in [1.807, 2.05) is 0 Å². The summed E-state index contributed by atoms with van der Waals surface area (Å²) in [5, 5.41) is 0. The molecule has 0 fully saturated rings. The van der Waals surface area contributed by atoms with Crippen LogP contribution in [0.2, 0.25) is 0 Å². The molecular formula is C61H96O6. The molecule has 0 spiro atoms. The third-order valence-electron chi connectivity index (χ3n) is 10.6. The number of rotatable bonds is 46. The molecule has 0 amide bonds. The van der Waals surface area contributed by atoms with Crippen molar-refractivity contribution in [2.45, 2.75) is 219 Å². The van der Waals surface area contributed by atoms with Crippen molar-refractivity contribution in [3.63, 3.8) is 0 Å². The summed E-state index contributed by atoms with van der Waals surface area (Å²) in [5.41, 5.74) is 0. The molecule has 1 atom stereocenters. The second-order valence-corrected chi connectivity index (χ2v) is 17.0. The van der Waals surface area contributed by atoms with Gasteiger partial charge in [-0.3, -0.25) is 14.4 Å². The van der Waals surface area contributed by atoms with Crippen molar-refractivity contribution in [2.24, 2.45) is 0 Å². The van der Waals surface area contributed by atoms with E-state index in [1.165, 1.54) is 44.9 Å². The van der Waals surface area contributed by atoms with Gasteiger partial charge in [-0.05, 0) is 122 Å². The number of unbranched alkanes of at least 4 members (excludes halogenated alkanes) is 13. The Bertz CT molecular complexity index is 1480. The first-order valence-corrected chi connectivity index (χ1v) is 26.7. The van der Waals surface area contributed by atoms with Crippen LogP contribution in [0.5, 0.6) is 0 Å². The molecule has 0 saturated carbocycles. The van der Waals surface area contributed by atoms with E-state index in [0.717, 1.165) is 116 Å². The Morgan fingerprint density at radius 2 is 0.597 bits per heavy atom. The Labute approximate surface area is 411 Å². The summed E-state index contributed by atoms with van der Waals surface area (Å²) < 4.78 is 16.7. The minimum absolute atomic E-state index is 0.130. The van der Waals surface area contributed by atoms with Gasteiger partial charge in [-0.1, -0.05) is 206 Å². The van der Waals surface area contributed by atoms with Crippen molar-refractivity contribution < 1.29 is 28.6 Å². The van der Waals surface area contributed by atoms with Gasteiger partial charge >= 0.3 is 17.9 Å². The van der Waals surface area contributed by atoms with E-state index in [1.54, 1.807) is 0 Å². The van der Waals surface area contributed by atoms with E-state index in [-0.39, 0.29) is 44.0 Å². The van der Waals surface area contributed by atoms with Crippen LogP contribution in [0, 0.1) is 0 Å². The largest absolute Gasteiger partial charge is 0.462 e. The number of carbonyl (C=O) groups excluding carboxylic acids is 3. The Hall–Kier alpha value is -4.45. The average molecular weight is 925 g/mol. The molecule has 67 heavy (non-hydrogen) atoms. The number of hydrogen-bond donors (Lipinski definition) is 0. The number of allylic oxidation sites excluding steroid dienone is 22. The van der Waals surface area contributed by atoms with Gasteiger partial charge in [0.15, 0.2) is 6.10 Å². The zero-order chi connectivity index (χ0) is 48.6. The van der Waals surface area contributed by atoms with Crippen LogP contribution in [0.1, 0.15) is 213 Å². The molecule has 0 rings (SSSR count). The summed E-state index contributed by atoms with van der Waals surface area (Å²) in [6.07, 6.45) is 75.9. The van der Waals surface area contributed by atoms with E-state index in [2.05, 4.69) is 154 Å². The lowest BCUT2D eigenvalue weighted by atomic mass is 10.1. The van der Waals surface area contributed by atoms with Gasteiger partial charge in [0.1, 0.15) is 13.2 Å². The van der Waals surface area contributed by atoms with Crippen molar-refractivity contribution in [2.75, 3.05) is 13.2 Å². The van der Waals surface area contributed by atoms with Gasteiger partial charge in [0.05, 0.1) is 0 Å². The number of carbonyl (C=O) groups is 3. The highest BCUT2D eigenvalue weighted by Crippen LogP contribution is 2.11. The predicted molar refractivity (Wildman–Crippen MR) is 288 cm³/mol. The molecule has 6 nitrogen and oxygen atoms in total. The molecule has 0 radical (unpaired) electrons. The number of hydrogen-bond acceptors (Lipinski definition) is 6. The highest BCUT2D eigenvalue weighted by Gasteiger charge is 2.19. The fraction of sp³-hybridized carbons (Fsp3) is 0.590. The van der Waals surface area contributed by atoms with Crippen molar-refractivity contribution in [1.29, 1.82) is 0 Å². The Morgan fingerprint density at radius 1 is 0.313 bits per heavy atom. The van der Waals surface area contributed by atoms with Gasteiger partial charge in [0, 0.05) is 19.3 Å². The van der Waals surface area contributed by atoms with E-state index in [4.69, 9.17) is 14.2 Å². The lowest BCUT2D eigenvalue weighted by Gasteiger charge is -2.18. The minimum atomic E-state index is -0.840. The molecule has 0 aliphatic carbocycles. The Kier molecular flexibility index (Phi) is 50.6. The maximum absolute atomic E-state index is 12.8. The zero-order valence-corrected chi connectivity index (χ0v) is 42.9. The summed E-state index contributed by atoms with van der Waals surface area (Å²) in [7, 11) is 0. The van der Waals surface area contributed by atoms with Crippen LogP contribution >= 0.6 is 0 Å². The van der Waals surface area contributed by atoms with E-state index < -0.39 is 6.10 Å². The van der Waals surface area contributed by atoms with E-state index in [0.29, 0.717) is 19.3 Å². The van der Waals surface area contributed by atoms with Crippen LogP contribution in [0.3, 0.4) is 0 Å². The maximum Gasteiger partial charge on any atom is 0.306 e. The molecular weight excluding hydrogens is 829 g/mol. The standard InChI is InChI=1S/C61H96O6/c1-4-7-10-13-16-19-22-25-28-30-33-36-39-42-45-48-51-54-60(63)66-57-58(56-65-59(62)53-50-47-44-41-38-35-32-27-24-21-18-15-12-9-6-3)67-61(64)55-52-49-46-43-40-37-34-31-29-26-23-20-17-14-11-8-5-2/h8-9,11-12,17-18,20-21,25-29,32-34,36-37,42-43,45-46,58H,4-7,10,13-16,19,22-24,30-31,35,38-41,44,47-57H2,1-3H3/b11-8-,12-9-,20-17-,21-18-,28-25-,29-26-,32-27-,36-33-,37-34-,45-42-,46-43-/t58-/m1/s1. The predicted octanol–water partition coefficient (Wildman–Crippen LogP) is 17.9. The quantitative estimate of drug-likeness (QED) is 0.0262. The Morgan fingerprint density at radius 3 is 0.970 bits per heavy atom. The molecule has 6 heteroatoms. The summed E-state index contributed by atoms with van der Waals surface area (Å²) in [6.45, 7) is 6.28. The third kappa shape index (κ3) is 52.4. The molecule has 0 bridgehead atoms. The van der Waals surface area contributed by atoms with Crippen molar-refractivity contribution in [3.05, 3.63) is 134 Å². The molecule has 0 aromatic heterocycles. The fourth-order valence-electron chi connectivity index (χ4n) is 6.68. The molecule has 0 heterocycles.